The lowest BCUT2D eigenvalue weighted by atomic mass is 10.1. The zero-order valence-electron chi connectivity index (χ0n) is 7.78. The van der Waals surface area contributed by atoms with Crippen LogP contribution in [0.3, 0.4) is 0 Å². The number of carbonyl (C=O) groups excluding carboxylic acids is 1. The lowest BCUT2D eigenvalue weighted by Gasteiger charge is -2.40. The van der Waals surface area contributed by atoms with Gasteiger partial charge >= 0.3 is 6.03 Å². The molecule has 74 valence electrons. The van der Waals surface area contributed by atoms with Gasteiger partial charge in [-0.25, -0.2) is 4.79 Å². The summed E-state index contributed by atoms with van der Waals surface area (Å²) in [5.74, 6) is 0. The molecule has 2 fully saturated rings. The van der Waals surface area contributed by atoms with Gasteiger partial charge in [0, 0.05) is 13.1 Å². The highest BCUT2D eigenvalue weighted by molar-refractivity contribution is 5.75. The summed E-state index contributed by atoms with van der Waals surface area (Å²) >= 11 is 0. The molecule has 4 heteroatoms. The Bertz CT molecular complexity index is 196. The van der Waals surface area contributed by atoms with Gasteiger partial charge < -0.3 is 14.9 Å². The van der Waals surface area contributed by atoms with Crippen LogP contribution >= 0.6 is 0 Å². The largest absolute Gasteiger partial charge is 0.389 e. The summed E-state index contributed by atoms with van der Waals surface area (Å²) in [5, 5.41) is 9.05. The Hall–Kier alpha value is -0.770. The third kappa shape index (κ3) is 1.77. The summed E-state index contributed by atoms with van der Waals surface area (Å²) in [6, 6.07) is 0.116. The fourth-order valence-electron chi connectivity index (χ4n) is 1.90. The van der Waals surface area contributed by atoms with Gasteiger partial charge in [0.15, 0.2) is 0 Å². The molecule has 2 aliphatic rings. The van der Waals surface area contributed by atoms with E-state index in [1.54, 1.807) is 4.90 Å². The number of aliphatic hydroxyl groups excluding tert-OH is 1. The van der Waals surface area contributed by atoms with Crippen molar-refractivity contribution in [3.8, 4) is 0 Å². The fraction of sp³-hybridized carbons (Fsp3) is 0.889. The Labute approximate surface area is 78.1 Å². The maximum atomic E-state index is 11.7. The van der Waals surface area contributed by atoms with Gasteiger partial charge in [0.05, 0.1) is 19.2 Å². The molecule has 2 heterocycles. The predicted octanol–water partition coefficient (Wildman–Crippen LogP) is 0.269. The molecule has 0 spiro atoms. The van der Waals surface area contributed by atoms with Crippen LogP contribution in [0, 0.1) is 0 Å². The molecule has 0 bridgehead atoms. The van der Waals surface area contributed by atoms with Crippen molar-refractivity contribution in [2.24, 2.45) is 0 Å². The number of likely N-dealkylation sites (tertiary alicyclic amines) is 2. The maximum Gasteiger partial charge on any atom is 0.320 e. The molecule has 0 aromatic heterocycles. The molecule has 0 aliphatic carbocycles. The van der Waals surface area contributed by atoms with Gasteiger partial charge in [0.25, 0.3) is 0 Å². The molecule has 2 saturated heterocycles. The van der Waals surface area contributed by atoms with Crippen LogP contribution in [-0.2, 0) is 0 Å². The molecular weight excluding hydrogens is 168 g/mol. The van der Waals surface area contributed by atoms with Crippen molar-refractivity contribution in [2.75, 3.05) is 26.2 Å². The summed E-state index contributed by atoms with van der Waals surface area (Å²) < 4.78 is 0. The number of β-amino-alcohol motifs (C(OH)–C–C–N with tert-alkyl or cyclic N) is 1. The third-order valence-electron chi connectivity index (χ3n) is 2.76. The van der Waals surface area contributed by atoms with E-state index < -0.39 is 0 Å². The van der Waals surface area contributed by atoms with E-state index in [0.29, 0.717) is 13.1 Å². The van der Waals surface area contributed by atoms with Crippen molar-refractivity contribution in [1.29, 1.82) is 0 Å². The summed E-state index contributed by atoms with van der Waals surface area (Å²) in [6.07, 6.45) is 3.21. The summed E-state index contributed by atoms with van der Waals surface area (Å²) in [5.41, 5.74) is 0. The normalized spacial score (nSPS) is 24.4. The van der Waals surface area contributed by atoms with Gasteiger partial charge in [-0.05, 0) is 19.3 Å². The van der Waals surface area contributed by atoms with E-state index in [-0.39, 0.29) is 12.1 Å². The lowest BCUT2D eigenvalue weighted by molar-refractivity contribution is 0.0134. The average molecular weight is 184 g/mol. The number of amides is 2. The maximum absolute atomic E-state index is 11.7. The van der Waals surface area contributed by atoms with Gasteiger partial charge in [-0.15, -0.1) is 0 Å². The summed E-state index contributed by atoms with van der Waals surface area (Å²) in [7, 11) is 0. The predicted molar refractivity (Wildman–Crippen MR) is 48.4 cm³/mol. The molecule has 0 saturated carbocycles. The molecule has 2 aliphatic heterocycles. The average Bonchev–Trinajstić information content (AvgIpc) is 2.13. The molecule has 0 aromatic carbocycles. The molecule has 4 nitrogen and oxygen atoms in total. The van der Waals surface area contributed by atoms with Gasteiger partial charge in [0.2, 0.25) is 0 Å². The van der Waals surface area contributed by atoms with Crippen LogP contribution in [0.25, 0.3) is 0 Å². The zero-order valence-corrected chi connectivity index (χ0v) is 7.78. The lowest BCUT2D eigenvalue weighted by Crippen LogP contribution is -2.58. The van der Waals surface area contributed by atoms with E-state index >= 15 is 0 Å². The first-order valence-electron chi connectivity index (χ1n) is 4.99. The van der Waals surface area contributed by atoms with Gasteiger partial charge in [-0.1, -0.05) is 0 Å². The Morgan fingerprint density at radius 2 is 1.69 bits per heavy atom. The first-order chi connectivity index (χ1) is 6.27. The number of piperidine rings is 1. The minimum absolute atomic E-state index is 0.116. The van der Waals surface area contributed by atoms with Crippen molar-refractivity contribution in [2.45, 2.75) is 25.4 Å². The van der Waals surface area contributed by atoms with Gasteiger partial charge in [-0.2, -0.15) is 0 Å². The number of hydrogen-bond acceptors (Lipinski definition) is 2. The number of urea groups is 1. The number of rotatable bonds is 0. The molecule has 2 amide bonds. The van der Waals surface area contributed by atoms with Crippen LogP contribution in [0.2, 0.25) is 0 Å². The number of aliphatic hydroxyl groups is 1. The Balaban J connectivity index is 1.82. The van der Waals surface area contributed by atoms with E-state index in [0.717, 1.165) is 25.9 Å². The highest BCUT2D eigenvalue weighted by atomic mass is 16.3. The molecular formula is C9H16N2O2. The van der Waals surface area contributed by atoms with Crippen molar-refractivity contribution in [3.05, 3.63) is 0 Å². The summed E-state index contributed by atoms with van der Waals surface area (Å²) in [6.45, 7) is 2.83. The highest BCUT2D eigenvalue weighted by Gasteiger charge is 2.32. The third-order valence-corrected chi connectivity index (χ3v) is 2.76. The van der Waals surface area contributed by atoms with Crippen molar-refractivity contribution in [1.82, 2.24) is 9.80 Å². The van der Waals surface area contributed by atoms with Crippen LogP contribution in [-0.4, -0.2) is 53.2 Å². The van der Waals surface area contributed by atoms with Crippen LogP contribution < -0.4 is 0 Å². The van der Waals surface area contributed by atoms with Crippen LogP contribution in [0.1, 0.15) is 19.3 Å². The molecule has 0 unspecified atom stereocenters. The second kappa shape index (κ2) is 3.54. The Kier molecular flexibility index (Phi) is 2.40. The van der Waals surface area contributed by atoms with Crippen molar-refractivity contribution < 1.29 is 9.90 Å². The second-order valence-electron chi connectivity index (χ2n) is 3.89. The second-order valence-corrected chi connectivity index (χ2v) is 3.89. The quantitative estimate of drug-likeness (QED) is 0.587. The highest BCUT2D eigenvalue weighted by Crippen LogP contribution is 2.15. The molecule has 0 atom stereocenters. The minimum atomic E-state index is -0.284. The molecule has 2 rings (SSSR count). The van der Waals surface area contributed by atoms with E-state index in [2.05, 4.69) is 0 Å². The van der Waals surface area contributed by atoms with Crippen molar-refractivity contribution >= 4 is 6.03 Å². The summed E-state index contributed by atoms with van der Waals surface area (Å²) in [4.78, 5) is 15.3. The van der Waals surface area contributed by atoms with E-state index in [1.807, 2.05) is 4.90 Å². The monoisotopic (exact) mass is 184 g/mol. The first kappa shape index (κ1) is 8.81. The standard InChI is InChI=1S/C9H16N2O2/c12-8-6-11(7-8)9(13)10-4-2-1-3-5-10/h8,12H,1-7H2. The molecule has 1 N–H and O–H groups in total. The van der Waals surface area contributed by atoms with Crippen LogP contribution in [0.4, 0.5) is 4.79 Å². The first-order valence-corrected chi connectivity index (χ1v) is 4.99. The number of carbonyl (C=O) groups is 1. The minimum Gasteiger partial charge on any atom is -0.389 e. The topological polar surface area (TPSA) is 43.8 Å². The Morgan fingerprint density at radius 3 is 2.23 bits per heavy atom. The van der Waals surface area contributed by atoms with E-state index in [9.17, 15) is 4.79 Å². The zero-order chi connectivity index (χ0) is 9.26. The molecule has 0 aromatic rings. The molecule has 13 heavy (non-hydrogen) atoms. The van der Waals surface area contributed by atoms with E-state index in [4.69, 9.17) is 5.11 Å². The van der Waals surface area contributed by atoms with Crippen LogP contribution in [0.15, 0.2) is 0 Å². The van der Waals surface area contributed by atoms with Crippen LogP contribution in [0.5, 0.6) is 0 Å². The Morgan fingerprint density at radius 1 is 1.08 bits per heavy atom. The number of hydrogen-bond donors (Lipinski definition) is 1. The van der Waals surface area contributed by atoms with Gasteiger partial charge in [-0.3, -0.25) is 0 Å². The SMILES string of the molecule is O=C(N1CCCCC1)N1CC(O)C1. The fourth-order valence-corrected chi connectivity index (χ4v) is 1.90. The van der Waals surface area contributed by atoms with E-state index in [1.165, 1.54) is 6.42 Å². The molecule has 0 radical (unpaired) electrons. The van der Waals surface area contributed by atoms with Crippen molar-refractivity contribution in [3.63, 3.8) is 0 Å². The number of nitrogens with zero attached hydrogens (tertiary/aromatic N) is 2. The van der Waals surface area contributed by atoms with Gasteiger partial charge in [0.1, 0.15) is 0 Å². The smallest absolute Gasteiger partial charge is 0.320 e.